The molecular weight excluding hydrogens is 439 g/mol. The van der Waals surface area contributed by atoms with E-state index in [-0.39, 0.29) is 10.6 Å². The molecule has 0 aliphatic carbocycles. The Morgan fingerprint density at radius 3 is 2.78 bits per heavy atom. The number of benzene rings is 2. The average Bonchev–Trinajstić information content (AvgIpc) is 2.81. The predicted molar refractivity (Wildman–Crippen MR) is 120 cm³/mol. The van der Waals surface area contributed by atoms with Gasteiger partial charge >= 0.3 is 0 Å². The fourth-order valence-corrected chi connectivity index (χ4v) is 3.66. The summed E-state index contributed by atoms with van der Waals surface area (Å²) in [6, 6.07) is 7.40. The van der Waals surface area contributed by atoms with E-state index < -0.39 is 5.82 Å². The number of hydrogen-bond acceptors (Lipinski definition) is 7. The van der Waals surface area contributed by atoms with E-state index in [1.54, 1.807) is 19.2 Å². The van der Waals surface area contributed by atoms with Crippen molar-refractivity contribution in [1.29, 1.82) is 0 Å². The van der Waals surface area contributed by atoms with E-state index >= 15 is 0 Å². The molecule has 1 fully saturated rings. The second-order valence-electron chi connectivity index (χ2n) is 7.34. The number of ether oxygens (including phenoxy) is 3. The van der Waals surface area contributed by atoms with Gasteiger partial charge in [0.2, 0.25) is 0 Å². The lowest BCUT2D eigenvalue weighted by atomic mass is 10.2. The van der Waals surface area contributed by atoms with Crippen molar-refractivity contribution in [3.05, 3.63) is 57.9 Å². The molecule has 1 N–H and O–H groups in total. The second kappa shape index (κ2) is 10.2. The van der Waals surface area contributed by atoms with E-state index in [9.17, 15) is 9.18 Å². The molecule has 0 amide bonds. The molecule has 2 aromatic carbocycles. The van der Waals surface area contributed by atoms with Crippen molar-refractivity contribution in [3.63, 3.8) is 0 Å². The van der Waals surface area contributed by atoms with Gasteiger partial charge in [-0.05, 0) is 30.7 Å². The summed E-state index contributed by atoms with van der Waals surface area (Å²) in [6.45, 7) is 4.78. The predicted octanol–water partition coefficient (Wildman–Crippen LogP) is 3.17. The van der Waals surface area contributed by atoms with Crippen LogP contribution < -0.4 is 20.5 Å². The number of nitrogens with one attached hydrogen (secondary N) is 1. The van der Waals surface area contributed by atoms with Crippen molar-refractivity contribution in [2.24, 2.45) is 0 Å². The third-order valence-electron chi connectivity index (χ3n) is 5.19. The second-order valence-corrected chi connectivity index (χ2v) is 7.74. The zero-order chi connectivity index (χ0) is 22.5. The molecule has 2 heterocycles. The molecule has 0 radical (unpaired) electrons. The first-order valence-electron chi connectivity index (χ1n) is 10.3. The maximum Gasteiger partial charge on any atom is 0.280 e. The first-order valence-corrected chi connectivity index (χ1v) is 10.7. The van der Waals surface area contributed by atoms with Crippen LogP contribution in [0.25, 0.3) is 10.9 Å². The molecule has 0 atom stereocenters. The minimum absolute atomic E-state index is 0.0469. The molecule has 0 unspecified atom stereocenters. The minimum Gasteiger partial charge on any atom is -0.493 e. The van der Waals surface area contributed by atoms with Crippen LogP contribution in [0.4, 0.5) is 10.1 Å². The molecule has 10 heteroatoms. The van der Waals surface area contributed by atoms with Crippen LogP contribution in [0.2, 0.25) is 5.02 Å². The maximum atomic E-state index is 13.4. The number of aromatic nitrogens is 2. The van der Waals surface area contributed by atoms with E-state index in [1.807, 2.05) is 0 Å². The monoisotopic (exact) mass is 462 g/mol. The SMILES string of the molecule is COc1cc2ncn(Nc3ccc(F)c(Cl)c3)c(=O)c2cc1OCCCN1CCOCC1. The normalized spacial score (nSPS) is 14.5. The van der Waals surface area contributed by atoms with Gasteiger partial charge in [0.15, 0.2) is 11.5 Å². The molecule has 1 aliphatic rings. The van der Waals surface area contributed by atoms with Gasteiger partial charge in [0.05, 0.1) is 48.5 Å². The summed E-state index contributed by atoms with van der Waals surface area (Å²) < 4.78 is 31.3. The number of hydrogen-bond donors (Lipinski definition) is 1. The molecular formula is C22H24ClFN4O4. The van der Waals surface area contributed by atoms with Crippen LogP contribution in [0.3, 0.4) is 0 Å². The molecule has 1 saturated heterocycles. The van der Waals surface area contributed by atoms with Gasteiger partial charge in [-0.15, -0.1) is 0 Å². The van der Waals surface area contributed by atoms with Gasteiger partial charge in [-0.3, -0.25) is 15.1 Å². The van der Waals surface area contributed by atoms with Gasteiger partial charge in [-0.1, -0.05) is 11.6 Å². The van der Waals surface area contributed by atoms with Crippen LogP contribution >= 0.6 is 11.6 Å². The quantitative estimate of drug-likeness (QED) is 0.515. The van der Waals surface area contributed by atoms with Crippen LogP contribution in [-0.4, -0.2) is 61.1 Å². The maximum absolute atomic E-state index is 13.4. The Morgan fingerprint density at radius 1 is 1.22 bits per heavy atom. The van der Waals surface area contributed by atoms with Crippen molar-refractivity contribution in [3.8, 4) is 11.5 Å². The lowest BCUT2D eigenvalue weighted by Crippen LogP contribution is -2.37. The van der Waals surface area contributed by atoms with Crippen LogP contribution in [0.15, 0.2) is 41.5 Å². The van der Waals surface area contributed by atoms with Crippen molar-refractivity contribution in [1.82, 2.24) is 14.6 Å². The summed E-state index contributed by atoms with van der Waals surface area (Å²) in [7, 11) is 1.54. The number of anilines is 1. The van der Waals surface area contributed by atoms with Gasteiger partial charge in [-0.25, -0.2) is 14.1 Å². The van der Waals surface area contributed by atoms with E-state index in [0.717, 1.165) is 39.3 Å². The van der Waals surface area contributed by atoms with E-state index in [2.05, 4.69) is 15.3 Å². The number of nitrogens with zero attached hydrogens (tertiary/aromatic N) is 3. The molecule has 1 aromatic heterocycles. The number of rotatable bonds is 8. The van der Waals surface area contributed by atoms with E-state index in [1.165, 1.54) is 29.2 Å². The fourth-order valence-electron chi connectivity index (χ4n) is 3.48. The highest BCUT2D eigenvalue weighted by molar-refractivity contribution is 6.31. The molecule has 4 rings (SSSR count). The Morgan fingerprint density at radius 2 is 2.03 bits per heavy atom. The van der Waals surface area contributed by atoms with Gasteiger partial charge in [0.25, 0.3) is 5.56 Å². The fraction of sp³-hybridized carbons (Fsp3) is 0.364. The Balaban J connectivity index is 1.51. The third kappa shape index (κ3) is 5.12. The van der Waals surface area contributed by atoms with Crippen molar-refractivity contribution >= 4 is 28.2 Å². The molecule has 32 heavy (non-hydrogen) atoms. The summed E-state index contributed by atoms with van der Waals surface area (Å²) in [6.07, 6.45) is 2.19. The van der Waals surface area contributed by atoms with E-state index in [0.29, 0.717) is 34.7 Å². The van der Waals surface area contributed by atoms with Crippen molar-refractivity contribution < 1.29 is 18.6 Å². The van der Waals surface area contributed by atoms with Crippen LogP contribution in [0, 0.1) is 5.82 Å². The minimum atomic E-state index is -0.538. The lowest BCUT2D eigenvalue weighted by molar-refractivity contribution is 0.0357. The molecule has 170 valence electrons. The smallest absolute Gasteiger partial charge is 0.280 e. The molecule has 8 nitrogen and oxygen atoms in total. The van der Waals surface area contributed by atoms with Crippen LogP contribution in [0.1, 0.15) is 6.42 Å². The average molecular weight is 463 g/mol. The van der Waals surface area contributed by atoms with Crippen molar-refractivity contribution in [2.75, 3.05) is 52.0 Å². The Kier molecular flexibility index (Phi) is 7.09. The first kappa shape index (κ1) is 22.3. The highest BCUT2D eigenvalue weighted by Gasteiger charge is 2.14. The number of morpholine rings is 1. The largest absolute Gasteiger partial charge is 0.493 e. The zero-order valence-electron chi connectivity index (χ0n) is 17.6. The van der Waals surface area contributed by atoms with Gasteiger partial charge in [0.1, 0.15) is 12.1 Å². The summed E-state index contributed by atoms with van der Waals surface area (Å²) in [4.78, 5) is 19.7. The lowest BCUT2D eigenvalue weighted by Gasteiger charge is -2.26. The van der Waals surface area contributed by atoms with Gasteiger partial charge in [0, 0.05) is 25.7 Å². The van der Waals surface area contributed by atoms with Crippen LogP contribution in [-0.2, 0) is 4.74 Å². The summed E-state index contributed by atoms with van der Waals surface area (Å²) >= 11 is 5.82. The first-order chi connectivity index (χ1) is 15.5. The zero-order valence-corrected chi connectivity index (χ0v) is 18.4. The summed E-state index contributed by atoms with van der Waals surface area (Å²) in [5.41, 5.74) is 3.46. The molecule has 0 bridgehead atoms. The molecule has 0 spiro atoms. The highest BCUT2D eigenvalue weighted by Crippen LogP contribution is 2.30. The molecule has 0 saturated carbocycles. The Hall–Kier alpha value is -2.88. The standard InChI is InChI=1S/C22H24ClFN4O4/c1-30-20-13-19-16(12-21(20)32-8-2-5-27-6-9-31-10-7-27)22(29)28(14-25-19)26-15-3-4-18(24)17(23)11-15/h3-4,11-14,26H,2,5-10H2,1H3. The van der Waals surface area contributed by atoms with Gasteiger partial charge in [-0.2, -0.15) is 0 Å². The highest BCUT2D eigenvalue weighted by atomic mass is 35.5. The Bertz CT molecular complexity index is 1150. The topological polar surface area (TPSA) is 77.8 Å². The number of halogens is 2. The third-order valence-corrected chi connectivity index (χ3v) is 5.48. The molecule has 1 aliphatic heterocycles. The summed E-state index contributed by atoms with van der Waals surface area (Å²) in [5, 5.41) is 0.312. The summed E-state index contributed by atoms with van der Waals surface area (Å²) in [5.74, 6) is 0.443. The van der Waals surface area contributed by atoms with Crippen molar-refractivity contribution in [2.45, 2.75) is 6.42 Å². The van der Waals surface area contributed by atoms with E-state index in [4.69, 9.17) is 25.8 Å². The molecule has 3 aromatic rings. The van der Waals surface area contributed by atoms with Gasteiger partial charge < -0.3 is 14.2 Å². The number of methoxy groups -OCH3 is 1. The van der Waals surface area contributed by atoms with Crippen LogP contribution in [0.5, 0.6) is 11.5 Å². The Labute approximate surface area is 189 Å². The number of fused-ring (bicyclic) bond motifs is 1.